The quantitative estimate of drug-likeness (QED) is 0.174. The van der Waals surface area contributed by atoms with Crippen LogP contribution in [0.1, 0.15) is 42.5 Å². The summed E-state index contributed by atoms with van der Waals surface area (Å²) in [5.74, 6) is 1.42. The lowest BCUT2D eigenvalue weighted by Gasteiger charge is -2.38. The molecule has 5 aromatic rings. The molecule has 1 saturated heterocycles. The first-order chi connectivity index (χ1) is 20.1. The highest BCUT2D eigenvalue weighted by atomic mass is 32.2. The van der Waals surface area contributed by atoms with E-state index in [0.717, 1.165) is 41.7 Å². The molecule has 42 heavy (non-hydrogen) atoms. The Morgan fingerprint density at radius 2 is 1.83 bits per heavy atom. The Bertz CT molecular complexity index is 1750. The standard InChI is InChI=1S/C27H32N2O2S.C6H6O3S/c1-17-16-32-27-8-7-20(13-23(17)27)21-9-10-29(19(3)12-21)14-22(30)15-31-26-6-4-5-25-24(26)11-18(2)28-25;7-10(8,9)6-4-2-1-3-5-6/h4-8,11,13,16,19,21-22,28,30H,9-10,12,14-15H2,1-3H3;1-5H,(H,7,8,9)/t19?,21?,22-;/m0./s1. The zero-order valence-electron chi connectivity index (χ0n) is 24.2. The van der Waals surface area contributed by atoms with E-state index in [2.05, 4.69) is 59.4 Å². The van der Waals surface area contributed by atoms with Crippen molar-refractivity contribution in [3.63, 3.8) is 0 Å². The highest BCUT2D eigenvalue weighted by molar-refractivity contribution is 7.85. The number of aliphatic hydroxyl groups excluding tert-OH is 1. The molecule has 2 unspecified atom stereocenters. The lowest BCUT2D eigenvalue weighted by atomic mass is 9.85. The summed E-state index contributed by atoms with van der Waals surface area (Å²) in [6.07, 6.45) is 1.76. The largest absolute Gasteiger partial charge is 0.490 e. The number of rotatable bonds is 7. The Morgan fingerprint density at radius 1 is 1.05 bits per heavy atom. The fourth-order valence-electron chi connectivity index (χ4n) is 5.72. The van der Waals surface area contributed by atoms with E-state index in [1.165, 1.54) is 33.3 Å². The number of H-pyrrole nitrogens is 1. The summed E-state index contributed by atoms with van der Waals surface area (Å²) in [7, 11) is -4.00. The van der Waals surface area contributed by atoms with Crippen LogP contribution in [-0.4, -0.2) is 59.8 Å². The normalized spacial score (nSPS) is 18.5. The summed E-state index contributed by atoms with van der Waals surface area (Å²) in [6.45, 7) is 8.51. The zero-order chi connectivity index (χ0) is 29.9. The minimum Gasteiger partial charge on any atom is -0.490 e. The van der Waals surface area contributed by atoms with E-state index in [9.17, 15) is 13.5 Å². The van der Waals surface area contributed by atoms with Crippen LogP contribution in [-0.2, 0) is 10.1 Å². The van der Waals surface area contributed by atoms with Crippen molar-refractivity contribution in [2.45, 2.75) is 56.6 Å². The molecule has 0 saturated carbocycles. The Morgan fingerprint density at radius 3 is 2.55 bits per heavy atom. The van der Waals surface area contributed by atoms with Gasteiger partial charge in [0.1, 0.15) is 18.5 Å². The number of aryl methyl sites for hydroxylation is 2. The van der Waals surface area contributed by atoms with Gasteiger partial charge in [-0.05, 0) is 110 Å². The van der Waals surface area contributed by atoms with Gasteiger partial charge >= 0.3 is 0 Å². The number of thiophene rings is 1. The molecule has 3 atom stereocenters. The van der Waals surface area contributed by atoms with Crippen LogP contribution < -0.4 is 4.74 Å². The molecule has 1 fully saturated rings. The molecule has 0 radical (unpaired) electrons. The summed E-state index contributed by atoms with van der Waals surface area (Å²) in [4.78, 5) is 5.68. The maximum absolute atomic E-state index is 10.7. The number of nitrogens with one attached hydrogen (secondary N) is 1. The lowest BCUT2D eigenvalue weighted by molar-refractivity contribution is 0.0406. The number of benzene rings is 3. The molecular weight excluding hydrogens is 569 g/mol. The monoisotopic (exact) mass is 606 g/mol. The first-order valence-electron chi connectivity index (χ1n) is 14.2. The topological polar surface area (TPSA) is 103 Å². The Balaban J connectivity index is 0.000000300. The molecule has 9 heteroatoms. The van der Waals surface area contributed by atoms with Gasteiger partial charge in [0.15, 0.2) is 0 Å². The number of piperidine rings is 1. The average Bonchev–Trinajstić information content (AvgIpc) is 3.54. The van der Waals surface area contributed by atoms with Gasteiger partial charge in [0.05, 0.1) is 4.90 Å². The number of aliphatic hydroxyl groups is 1. The number of hydrogen-bond acceptors (Lipinski definition) is 6. The second-order valence-corrected chi connectivity index (χ2v) is 13.5. The Kier molecular flexibility index (Phi) is 9.35. The predicted octanol–water partition coefficient (Wildman–Crippen LogP) is 6.94. The van der Waals surface area contributed by atoms with Crippen molar-refractivity contribution < 1.29 is 22.8 Å². The molecule has 0 bridgehead atoms. The smallest absolute Gasteiger partial charge is 0.294 e. The molecule has 0 amide bonds. The van der Waals surface area contributed by atoms with E-state index >= 15 is 0 Å². The van der Waals surface area contributed by atoms with Crippen LogP contribution in [0.2, 0.25) is 0 Å². The first kappa shape index (κ1) is 30.3. The van der Waals surface area contributed by atoms with Crippen molar-refractivity contribution in [1.82, 2.24) is 9.88 Å². The van der Waals surface area contributed by atoms with Crippen molar-refractivity contribution in [3.05, 3.63) is 95.0 Å². The molecule has 0 aliphatic carbocycles. The summed E-state index contributed by atoms with van der Waals surface area (Å²) in [5.41, 5.74) is 5.03. The minimum absolute atomic E-state index is 0.0741. The maximum Gasteiger partial charge on any atom is 0.294 e. The van der Waals surface area contributed by atoms with Gasteiger partial charge in [-0.2, -0.15) is 8.42 Å². The number of aromatic amines is 1. The zero-order valence-corrected chi connectivity index (χ0v) is 25.8. The Hall–Kier alpha value is -3.21. The number of nitrogens with zero attached hydrogens (tertiary/aromatic N) is 1. The van der Waals surface area contributed by atoms with E-state index < -0.39 is 16.2 Å². The summed E-state index contributed by atoms with van der Waals surface area (Å²) >= 11 is 1.83. The maximum atomic E-state index is 10.7. The molecular formula is C33H38N2O5S2. The van der Waals surface area contributed by atoms with Gasteiger partial charge in [-0.25, -0.2) is 0 Å². The van der Waals surface area contributed by atoms with Crippen LogP contribution in [0.3, 0.4) is 0 Å². The number of likely N-dealkylation sites (tertiary alicyclic amines) is 1. The molecule has 1 aliphatic heterocycles. The summed E-state index contributed by atoms with van der Waals surface area (Å²) in [6, 6.07) is 23.0. The van der Waals surface area contributed by atoms with E-state index in [-0.39, 0.29) is 4.90 Å². The van der Waals surface area contributed by atoms with Gasteiger partial charge < -0.3 is 14.8 Å². The second kappa shape index (κ2) is 13.0. The molecule has 2 aromatic heterocycles. The van der Waals surface area contributed by atoms with Crippen molar-refractivity contribution in [1.29, 1.82) is 0 Å². The third kappa shape index (κ3) is 7.22. The van der Waals surface area contributed by atoms with E-state index in [1.807, 2.05) is 30.4 Å². The molecule has 3 N–H and O–H groups in total. The van der Waals surface area contributed by atoms with Gasteiger partial charge in [0.25, 0.3) is 10.1 Å². The molecule has 3 aromatic carbocycles. The molecule has 3 heterocycles. The number of β-amino-alcohol motifs (C(OH)–C–C–N with tert-alkyl or cyclic N) is 1. The second-order valence-electron chi connectivity index (χ2n) is 11.2. The molecule has 7 nitrogen and oxygen atoms in total. The van der Waals surface area contributed by atoms with Crippen LogP contribution in [0.5, 0.6) is 5.75 Å². The van der Waals surface area contributed by atoms with E-state index in [4.69, 9.17) is 9.29 Å². The highest BCUT2D eigenvalue weighted by Gasteiger charge is 2.28. The van der Waals surface area contributed by atoms with Crippen LogP contribution in [0, 0.1) is 13.8 Å². The van der Waals surface area contributed by atoms with E-state index in [0.29, 0.717) is 25.1 Å². The average molecular weight is 607 g/mol. The highest BCUT2D eigenvalue weighted by Crippen LogP contribution is 2.35. The minimum atomic E-state index is -4.00. The number of hydrogen-bond donors (Lipinski definition) is 3. The SMILES string of the molecule is Cc1cc2c(OC[C@@H](O)CN3CCC(c4ccc5scc(C)c5c4)CC3C)cccc2[nH]1.O=S(=O)(O)c1ccccc1. The Labute approximate surface area is 251 Å². The molecule has 222 valence electrons. The van der Waals surface area contributed by atoms with Crippen molar-refractivity contribution in [3.8, 4) is 5.75 Å². The van der Waals surface area contributed by atoms with Gasteiger partial charge in [-0.3, -0.25) is 9.45 Å². The molecule has 1 aliphatic rings. The van der Waals surface area contributed by atoms with Gasteiger partial charge in [-0.1, -0.05) is 30.3 Å². The number of aromatic nitrogens is 1. The fourth-order valence-corrected chi connectivity index (χ4v) is 7.14. The third-order valence-electron chi connectivity index (χ3n) is 7.95. The van der Waals surface area contributed by atoms with Crippen LogP contribution in [0.4, 0.5) is 0 Å². The summed E-state index contributed by atoms with van der Waals surface area (Å²) < 4.78 is 36.6. The number of fused-ring (bicyclic) bond motifs is 2. The van der Waals surface area contributed by atoms with Crippen LogP contribution in [0.25, 0.3) is 21.0 Å². The van der Waals surface area contributed by atoms with Crippen LogP contribution >= 0.6 is 11.3 Å². The van der Waals surface area contributed by atoms with Gasteiger partial charge in [0, 0.05) is 33.9 Å². The van der Waals surface area contributed by atoms with Crippen molar-refractivity contribution in [2.24, 2.45) is 0 Å². The van der Waals surface area contributed by atoms with Crippen LogP contribution in [0.15, 0.2) is 83.1 Å². The van der Waals surface area contributed by atoms with Crippen molar-refractivity contribution >= 4 is 42.4 Å². The molecule has 0 spiro atoms. The number of ether oxygens (including phenoxy) is 1. The van der Waals surface area contributed by atoms with Gasteiger partial charge in [0.2, 0.25) is 0 Å². The van der Waals surface area contributed by atoms with Gasteiger partial charge in [-0.15, -0.1) is 11.3 Å². The summed E-state index contributed by atoms with van der Waals surface area (Å²) in [5, 5.41) is 15.4. The van der Waals surface area contributed by atoms with E-state index in [1.54, 1.807) is 18.2 Å². The first-order valence-corrected chi connectivity index (χ1v) is 16.5. The van der Waals surface area contributed by atoms with Crippen molar-refractivity contribution in [2.75, 3.05) is 19.7 Å². The predicted molar refractivity (Wildman–Crippen MR) is 170 cm³/mol. The molecule has 6 rings (SSSR count). The third-order valence-corrected chi connectivity index (χ3v) is 9.90. The fraction of sp³-hybridized carbons (Fsp3) is 0.333. The lowest BCUT2D eigenvalue weighted by Crippen LogP contribution is -2.45.